The van der Waals surface area contributed by atoms with Crippen molar-refractivity contribution >= 4 is 15.7 Å². The van der Waals surface area contributed by atoms with Crippen LogP contribution >= 0.6 is 0 Å². The van der Waals surface area contributed by atoms with E-state index in [1.807, 2.05) is 48.9 Å². The van der Waals surface area contributed by atoms with Crippen LogP contribution in [0.4, 0.5) is 5.69 Å². The van der Waals surface area contributed by atoms with Crippen molar-refractivity contribution in [1.29, 1.82) is 0 Å². The zero-order valence-corrected chi connectivity index (χ0v) is 19.0. The van der Waals surface area contributed by atoms with Gasteiger partial charge in [-0.25, -0.2) is 13.1 Å². The number of sulfonamides is 1. The summed E-state index contributed by atoms with van der Waals surface area (Å²) in [5.41, 5.74) is 4.11. The number of aryl methyl sites for hydroxylation is 1. The highest BCUT2D eigenvalue weighted by Gasteiger charge is 2.30. The molecule has 164 valence electrons. The molecule has 2 aromatic carbocycles. The third kappa shape index (κ3) is 4.18. The van der Waals surface area contributed by atoms with Crippen LogP contribution in [0.2, 0.25) is 0 Å². The second-order valence-electron chi connectivity index (χ2n) is 7.56. The van der Waals surface area contributed by atoms with Gasteiger partial charge in [-0.2, -0.15) is 9.40 Å². The Morgan fingerprint density at radius 3 is 2.19 bits per heavy atom. The van der Waals surface area contributed by atoms with E-state index in [2.05, 4.69) is 11.8 Å². The Bertz CT molecular complexity index is 1130. The quantitative estimate of drug-likeness (QED) is 0.588. The van der Waals surface area contributed by atoms with Gasteiger partial charge < -0.3 is 9.64 Å². The molecule has 0 spiro atoms. The molecule has 0 saturated carbocycles. The van der Waals surface area contributed by atoms with E-state index in [1.54, 1.807) is 28.6 Å². The zero-order valence-electron chi connectivity index (χ0n) is 18.2. The van der Waals surface area contributed by atoms with Crippen molar-refractivity contribution in [2.45, 2.75) is 25.7 Å². The van der Waals surface area contributed by atoms with Gasteiger partial charge in [0.05, 0.1) is 34.3 Å². The molecule has 4 rings (SSSR count). The Morgan fingerprint density at radius 2 is 1.58 bits per heavy atom. The SMILES string of the molecule is CCOc1ccc(S(=O)(=O)N2CCN(c3c(C)nn(-c4ccccc4)c3C)CC2)cc1. The summed E-state index contributed by atoms with van der Waals surface area (Å²) in [6, 6.07) is 16.7. The molecule has 0 bridgehead atoms. The van der Waals surface area contributed by atoms with Gasteiger partial charge in [0.25, 0.3) is 0 Å². The van der Waals surface area contributed by atoms with Crippen molar-refractivity contribution < 1.29 is 13.2 Å². The average Bonchev–Trinajstić information content (AvgIpc) is 3.09. The molecule has 1 saturated heterocycles. The molecule has 0 unspecified atom stereocenters. The van der Waals surface area contributed by atoms with E-state index in [9.17, 15) is 8.42 Å². The van der Waals surface area contributed by atoms with Crippen molar-refractivity contribution in [3.8, 4) is 11.4 Å². The summed E-state index contributed by atoms with van der Waals surface area (Å²) in [5.74, 6) is 0.674. The monoisotopic (exact) mass is 440 g/mol. The van der Waals surface area contributed by atoms with Gasteiger partial charge in [0.2, 0.25) is 10.0 Å². The van der Waals surface area contributed by atoms with E-state index >= 15 is 0 Å². The topological polar surface area (TPSA) is 67.7 Å². The first kappa shape index (κ1) is 21.4. The van der Waals surface area contributed by atoms with Gasteiger partial charge in [0.1, 0.15) is 5.75 Å². The number of aromatic nitrogens is 2. The van der Waals surface area contributed by atoms with Crippen molar-refractivity contribution in [2.24, 2.45) is 0 Å². The largest absolute Gasteiger partial charge is 0.494 e. The molecule has 1 aromatic heterocycles. The number of nitrogens with zero attached hydrogens (tertiary/aromatic N) is 4. The summed E-state index contributed by atoms with van der Waals surface area (Å²) in [5, 5.41) is 4.73. The minimum absolute atomic E-state index is 0.300. The first-order valence-electron chi connectivity index (χ1n) is 10.5. The highest BCUT2D eigenvalue weighted by Crippen LogP contribution is 2.29. The van der Waals surface area contributed by atoms with Crippen LogP contribution in [0.25, 0.3) is 5.69 Å². The maximum Gasteiger partial charge on any atom is 0.243 e. The normalized spacial score (nSPS) is 15.3. The van der Waals surface area contributed by atoms with Crippen LogP contribution in [-0.2, 0) is 10.0 Å². The Kier molecular flexibility index (Phi) is 6.02. The third-order valence-electron chi connectivity index (χ3n) is 5.58. The first-order chi connectivity index (χ1) is 14.9. The molecule has 2 heterocycles. The molecular weight excluding hydrogens is 412 g/mol. The summed E-state index contributed by atoms with van der Waals surface area (Å²) in [6.45, 7) is 8.63. The lowest BCUT2D eigenvalue weighted by Gasteiger charge is -2.35. The van der Waals surface area contributed by atoms with Crippen molar-refractivity contribution in [3.05, 3.63) is 66.0 Å². The van der Waals surface area contributed by atoms with Gasteiger partial charge >= 0.3 is 0 Å². The third-order valence-corrected chi connectivity index (χ3v) is 7.49. The number of piperazine rings is 1. The fourth-order valence-corrected chi connectivity index (χ4v) is 5.51. The van der Waals surface area contributed by atoms with E-state index in [4.69, 9.17) is 9.84 Å². The lowest BCUT2D eigenvalue weighted by atomic mass is 10.2. The zero-order chi connectivity index (χ0) is 22.0. The number of para-hydroxylation sites is 1. The molecule has 1 aliphatic rings. The van der Waals surface area contributed by atoms with Gasteiger partial charge in [0, 0.05) is 26.2 Å². The van der Waals surface area contributed by atoms with E-state index in [0.717, 1.165) is 22.8 Å². The van der Waals surface area contributed by atoms with E-state index < -0.39 is 10.0 Å². The molecule has 1 aliphatic heterocycles. The number of benzene rings is 2. The maximum atomic E-state index is 13.1. The van der Waals surface area contributed by atoms with Crippen LogP contribution in [0.5, 0.6) is 5.75 Å². The number of rotatable bonds is 6. The summed E-state index contributed by atoms with van der Waals surface area (Å²) in [4.78, 5) is 2.54. The van der Waals surface area contributed by atoms with Gasteiger partial charge in [-0.3, -0.25) is 0 Å². The van der Waals surface area contributed by atoms with Crippen molar-refractivity contribution in [2.75, 3.05) is 37.7 Å². The van der Waals surface area contributed by atoms with E-state index in [-0.39, 0.29) is 0 Å². The number of hydrogen-bond acceptors (Lipinski definition) is 5. The minimum atomic E-state index is -3.53. The standard InChI is InChI=1S/C23H28N4O3S/c1-4-30-21-10-12-22(13-11-21)31(28,29)26-16-14-25(15-17-26)23-18(2)24-27(19(23)3)20-8-6-5-7-9-20/h5-13H,4,14-17H2,1-3H3. The average molecular weight is 441 g/mol. The molecule has 0 radical (unpaired) electrons. The molecule has 0 amide bonds. The predicted molar refractivity (Wildman–Crippen MR) is 122 cm³/mol. The molecule has 0 N–H and O–H groups in total. The molecule has 7 nitrogen and oxygen atoms in total. The van der Waals surface area contributed by atoms with Crippen LogP contribution in [0.1, 0.15) is 18.3 Å². The van der Waals surface area contributed by atoms with Crippen LogP contribution < -0.4 is 9.64 Å². The lowest BCUT2D eigenvalue weighted by molar-refractivity contribution is 0.340. The summed E-state index contributed by atoms with van der Waals surface area (Å²) in [7, 11) is -3.53. The number of hydrogen-bond donors (Lipinski definition) is 0. The van der Waals surface area contributed by atoms with Gasteiger partial charge in [-0.05, 0) is 57.2 Å². The highest BCUT2D eigenvalue weighted by molar-refractivity contribution is 7.89. The molecule has 8 heteroatoms. The second-order valence-corrected chi connectivity index (χ2v) is 9.50. The van der Waals surface area contributed by atoms with Gasteiger partial charge in [-0.1, -0.05) is 18.2 Å². The van der Waals surface area contributed by atoms with E-state index in [1.165, 1.54) is 0 Å². The Morgan fingerprint density at radius 1 is 0.935 bits per heavy atom. The fourth-order valence-electron chi connectivity index (χ4n) is 4.09. The Labute approximate surface area is 183 Å². The Hall–Kier alpha value is -2.84. The van der Waals surface area contributed by atoms with Gasteiger partial charge in [0.15, 0.2) is 0 Å². The molecule has 3 aromatic rings. The predicted octanol–water partition coefficient (Wildman–Crippen LogP) is 3.40. The summed E-state index contributed by atoms with van der Waals surface area (Å²) in [6.07, 6.45) is 0. The fraction of sp³-hybridized carbons (Fsp3) is 0.348. The lowest BCUT2D eigenvalue weighted by Crippen LogP contribution is -2.49. The number of anilines is 1. The van der Waals surface area contributed by atoms with Gasteiger partial charge in [-0.15, -0.1) is 0 Å². The van der Waals surface area contributed by atoms with Crippen LogP contribution in [0, 0.1) is 13.8 Å². The number of ether oxygens (including phenoxy) is 1. The second kappa shape index (κ2) is 8.72. The molecule has 31 heavy (non-hydrogen) atoms. The van der Waals surface area contributed by atoms with Crippen molar-refractivity contribution in [3.63, 3.8) is 0 Å². The summed E-state index contributed by atoms with van der Waals surface area (Å²) < 4.78 is 35.1. The molecule has 1 fully saturated rings. The summed E-state index contributed by atoms with van der Waals surface area (Å²) >= 11 is 0. The molecule has 0 aliphatic carbocycles. The minimum Gasteiger partial charge on any atom is -0.494 e. The molecular formula is C23H28N4O3S. The van der Waals surface area contributed by atoms with Crippen molar-refractivity contribution in [1.82, 2.24) is 14.1 Å². The smallest absolute Gasteiger partial charge is 0.243 e. The maximum absolute atomic E-state index is 13.1. The van der Waals surface area contributed by atoms with E-state index in [0.29, 0.717) is 43.4 Å². The van der Waals surface area contributed by atoms with Crippen LogP contribution in [0.15, 0.2) is 59.5 Å². The highest BCUT2D eigenvalue weighted by atomic mass is 32.2. The Balaban J connectivity index is 1.49. The molecule has 0 atom stereocenters. The van der Waals surface area contributed by atoms with Crippen LogP contribution in [0.3, 0.4) is 0 Å². The van der Waals surface area contributed by atoms with Crippen LogP contribution in [-0.4, -0.2) is 55.3 Å². The first-order valence-corrected chi connectivity index (χ1v) is 12.0.